The van der Waals surface area contributed by atoms with Crippen LogP contribution in [0.1, 0.15) is 24.6 Å². The topological polar surface area (TPSA) is 38.9 Å². The highest BCUT2D eigenvalue weighted by Crippen LogP contribution is 2.51. The van der Waals surface area contributed by atoms with Crippen molar-refractivity contribution in [2.24, 2.45) is 5.73 Å². The van der Waals surface area contributed by atoms with Crippen molar-refractivity contribution in [1.82, 2.24) is 4.98 Å². The number of hydrogen-bond acceptors (Lipinski definition) is 3. The van der Waals surface area contributed by atoms with Crippen LogP contribution in [0.5, 0.6) is 0 Å². The molecule has 11 heavy (non-hydrogen) atoms. The highest BCUT2D eigenvalue weighted by molar-refractivity contribution is 7.09. The molecule has 0 bridgehead atoms. The molecule has 3 heteroatoms. The Kier molecular flexibility index (Phi) is 1.51. The third kappa shape index (κ3) is 0.993. The van der Waals surface area contributed by atoms with E-state index in [2.05, 4.69) is 11.9 Å². The molecule has 60 valence electrons. The van der Waals surface area contributed by atoms with Gasteiger partial charge >= 0.3 is 0 Å². The van der Waals surface area contributed by atoms with Crippen molar-refractivity contribution in [1.29, 1.82) is 0 Å². The average molecular weight is 168 g/mol. The molecule has 1 heterocycles. The van der Waals surface area contributed by atoms with E-state index in [1.807, 2.05) is 11.7 Å². The van der Waals surface area contributed by atoms with Gasteiger partial charge in [0.1, 0.15) is 0 Å². The zero-order chi connectivity index (χ0) is 7.90. The molecule has 1 atom stereocenters. The van der Waals surface area contributed by atoms with Gasteiger partial charge in [-0.15, -0.1) is 11.3 Å². The second kappa shape index (κ2) is 2.29. The molecule has 0 aliphatic heterocycles. The fourth-order valence-corrected chi connectivity index (χ4v) is 2.50. The maximum absolute atomic E-state index is 5.90. The van der Waals surface area contributed by atoms with Crippen molar-refractivity contribution >= 4 is 11.3 Å². The standard InChI is InChI=1S/C8H12N2S/c1-6(9)8(2-3-8)7-4-10-5-11-7/h4-6H,2-3,9H2,1H3. The van der Waals surface area contributed by atoms with Gasteiger partial charge in [-0.3, -0.25) is 4.98 Å². The molecule has 2 N–H and O–H groups in total. The van der Waals surface area contributed by atoms with E-state index in [9.17, 15) is 0 Å². The lowest BCUT2D eigenvalue weighted by atomic mass is 9.98. The summed E-state index contributed by atoms with van der Waals surface area (Å²) in [4.78, 5) is 5.44. The third-order valence-electron chi connectivity index (χ3n) is 2.58. The molecule has 1 aromatic rings. The lowest BCUT2D eigenvalue weighted by Crippen LogP contribution is -2.30. The second-order valence-corrected chi connectivity index (χ2v) is 4.20. The Bertz CT molecular complexity index is 237. The number of rotatable bonds is 2. The van der Waals surface area contributed by atoms with E-state index in [1.54, 1.807) is 11.3 Å². The monoisotopic (exact) mass is 168 g/mol. The quantitative estimate of drug-likeness (QED) is 0.727. The van der Waals surface area contributed by atoms with Gasteiger partial charge in [-0.1, -0.05) is 0 Å². The van der Waals surface area contributed by atoms with Gasteiger partial charge in [0.25, 0.3) is 0 Å². The van der Waals surface area contributed by atoms with Crippen LogP contribution in [-0.4, -0.2) is 11.0 Å². The average Bonchev–Trinajstić information content (AvgIpc) is 2.61. The molecule has 0 amide bonds. The molecule has 0 spiro atoms. The number of aromatic nitrogens is 1. The molecular weight excluding hydrogens is 156 g/mol. The maximum atomic E-state index is 5.90. The molecule has 0 radical (unpaired) electrons. The molecule has 0 saturated heterocycles. The van der Waals surface area contributed by atoms with Gasteiger partial charge in [0.15, 0.2) is 0 Å². The van der Waals surface area contributed by atoms with Crippen LogP contribution >= 0.6 is 11.3 Å². The summed E-state index contributed by atoms with van der Waals surface area (Å²) >= 11 is 1.73. The van der Waals surface area contributed by atoms with Gasteiger partial charge in [0, 0.05) is 22.5 Å². The summed E-state index contributed by atoms with van der Waals surface area (Å²) in [5.74, 6) is 0. The third-order valence-corrected chi connectivity index (χ3v) is 3.58. The van der Waals surface area contributed by atoms with Crippen LogP contribution in [0.25, 0.3) is 0 Å². The van der Waals surface area contributed by atoms with Gasteiger partial charge in [0.2, 0.25) is 0 Å². The molecule has 1 saturated carbocycles. The Morgan fingerprint density at radius 1 is 1.73 bits per heavy atom. The van der Waals surface area contributed by atoms with Gasteiger partial charge < -0.3 is 5.73 Å². The second-order valence-electron chi connectivity index (χ2n) is 3.31. The molecule has 1 aliphatic rings. The minimum absolute atomic E-state index is 0.281. The van der Waals surface area contributed by atoms with Crippen LogP contribution < -0.4 is 5.73 Å². The van der Waals surface area contributed by atoms with E-state index in [0.717, 1.165) is 0 Å². The number of thiazole rings is 1. The molecule has 0 aromatic carbocycles. The largest absolute Gasteiger partial charge is 0.327 e. The normalized spacial score (nSPS) is 23.1. The molecule has 1 unspecified atom stereocenters. The van der Waals surface area contributed by atoms with Crippen LogP contribution in [0.4, 0.5) is 0 Å². The van der Waals surface area contributed by atoms with E-state index in [0.29, 0.717) is 5.41 Å². The van der Waals surface area contributed by atoms with Crippen molar-refractivity contribution in [3.05, 3.63) is 16.6 Å². The Labute approximate surface area is 70.5 Å². The van der Waals surface area contributed by atoms with Crippen LogP contribution in [-0.2, 0) is 5.41 Å². The lowest BCUT2D eigenvalue weighted by Gasteiger charge is -2.16. The van der Waals surface area contributed by atoms with Gasteiger partial charge in [-0.25, -0.2) is 0 Å². The highest BCUT2D eigenvalue weighted by atomic mass is 32.1. The van der Waals surface area contributed by atoms with Gasteiger partial charge in [0.05, 0.1) is 5.51 Å². The summed E-state index contributed by atoms with van der Waals surface area (Å²) in [6.07, 6.45) is 4.45. The number of nitrogens with zero attached hydrogens (tertiary/aromatic N) is 1. The first-order valence-corrected chi connectivity index (χ1v) is 4.78. The van der Waals surface area contributed by atoms with Crippen LogP contribution in [0.2, 0.25) is 0 Å². The number of nitrogens with two attached hydrogens (primary N) is 1. The van der Waals surface area contributed by atoms with E-state index >= 15 is 0 Å². The predicted molar refractivity (Wildman–Crippen MR) is 46.7 cm³/mol. The first-order valence-electron chi connectivity index (χ1n) is 3.90. The first kappa shape index (κ1) is 7.25. The SMILES string of the molecule is CC(N)C1(c2cncs2)CC1. The molecule has 2 rings (SSSR count). The van der Waals surface area contributed by atoms with Crippen molar-refractivity contribution < 1.29 is 0 Å². The van der Waals surface area contributed by atoms with Crippen molar-refractivity contribution in [3.8, 4) is 0 Å². The summed E-state index contributed by atoms with van der Waals surface area (Å²) in [7, 11) is 0. The van der Waals surface area contributed by atoms with Crippen LogP contribution in [0.15, 0.2) is 11.7 Å². The van der Waals surface area contributed by atoms with Crippen molar-refractivity contribution in [2.45, 2.75) is 31.2 Å². The van der Waals surface area contributed by atoms with E-state index in [4.69, 9.17) is 5.73 Å². The van der Waals surface area contributed by atoms with Crippen LogP contribution in [0, 0.1) is 0 Å². The van der Waals surface area contributed by atoms with E-state index in [-0.39, 0.29) is 6.04 Å². The van der Waals surface area contributed by atoms with Gasteiger partial charge in [-0.2, -0.15) is 0 Å². The van der Waals surface area contributed by atoms with Crippen molar-refractivity contribution in [3.63, 3.8) is 0 Å². The molecule has 1 fully saturated rings. The molecule has 2 nitrogen and oxygen atoms in total. The maximum Gasteiger partial charge on any atom is 0.0794 e. The summed E-state index contributed by atoms with van der Waals surface area (Å²) < 4.78 is 0. The summed E-state index contributed by atoms with van der Waals surface area (Å²) in [5, 5.41) is 0. The summed E-state index contributed by atoms with van der Waals surface area (Å²) in [6, 6.07) is 0.281. The Hall–Kier alpha value is -0.410. The Balaban J connectivity index is 2.29. The highest BCUT2D eigenvalue weighted by Gasteiger charge is 2.48. The fraction of sp³-hybridized carbons (Fsp3) is 0.625. The minimum atomic E-state index is 0.281. The molecule has 1 aliphatic carbocycles. The lowest BCUT2D eigenvalue weighted by molar-refractivity contribution is 0.565. The molecular formula is C8H12N2S. The van der Waals surface area contributed by atoms with Crippen LogP contribution in [0.3, 0.4) is 0 Å². The number of hydrogen-bond donors (Lipinski definition) is 1. The summed E-state index contributed by atoms with van der Waals surface area (Å²) in [5.41, 5.74) is 8.10. The van der Waals surface area contributed by atoms with Gasteiger partial charge in [-0.05, 0) is 19.8 Å². The first-order chi connectivity index (χ1) is 5.26. The molecule has 1 aromatic heterocycles. The smallest absolute Gasteiger partial charge is 0.0794 e. The predicted octanol–water partition coefficient (Wildman–Crippen LogP) is 1.52. The summed E-state index contributed by atoms with van der Waals surface area (Å²) in [6.45, 7) is 2.09. The Morgan fingerprint density at radius 2 is 2.45 bits per heavy atom. The van der Waals surface area contributed by atoms with E-state index in [1.165, 1.54) is 17.7 Å². The zero-order valence-electron chi connectivity index (χ0n) is 6.58. The minimum Gasteiger partial charge on any atom is -0.327 e. The van der Waals surface area contributed by atoms with E-state index < -0.39 is 0 Å². The zero-order valence-corrected chi connectivity index (χ0v) is 7.40. The van der Waals surface area contributed by atoms with Crippen molar-refractivity contribution in [2.75, 3.05) is 0 Å². The fourth-order valence-electron chi connectivity index (χ4n) is 1.52. The Morgan fingerprint density at radius 3 is 2.82 bits per heavy atom.